The lowest BCUT2D eigenvalue weighted by Gasteiger charge is -2.34. The fourth-order valence-corrected chi connectivity index (χ4v) is 5.81. The van der Waals surface area contributed by atoms with Gasteiger partial charge in [0.25, 0.3) is 10.0 Å². The Morgan fingerprint density at radius 2 is 1.56 bits per heavy atom. The topological polar surface area (TPSA) is 49.9 Å². The van der Waals surface area contributed by atoms with E-state index in [1.807, 2.05) is 54.6 Å². The van der Waals surface area contributed by atoms with Crippen LogP contribution < -0.4 is 9.04 Å². The van der Waals surface area contributed by atoms with Crippen LogP contribution in [0.1, 0.15) is 12.8 Å². The predicted molar refractivity (Wildman–Crippen MR) is 130 cm³/mol. The minimum atomic E-state index is -3.74. The molecule has 5 nitrogen and oxygen atoms in total. The third-order valence-electron chi connectivity index (χ3n) is 6.15. The molecule has 0 aromatic heterocycles. The molecule has 0 unspecified atom stereocenters. The molecule has 0 bridgehead atoms. The van der Waals surface area contributed by atoms with Crippen LogP contribution >= 0.6 is 0 Å². The molecule has 0 aliphatic carbocycles. The fraction of sp³-hybridized carbons (Fsp3) is 0.308. The number of hydrogen-bond donors (Lipinski definition) is 0. The van der Waals surface area contributed by atoms with Gasteiger partial charge in [-0.3, -0.25) is 4.31 Å². The third kappa shape index (κ3) is 4.81. The molecular formula is C26H30N2O3S. The standard InChI is InChI=1S/C26H30N2O3S/c1-27-17-15-21(16-18-27)20-28(32(29,30)24-11-7-4-8-12-24)26-14-13-23(31-2)19-25(26)22-9-5-3-6-10-22/h3-14,19,21H,15-18,20H2,1-2H3. The molecule has 0 spiro atoms. The van der Waals surface area contributed by atoms with Crippen LogP contribution in [-0.2, 0) is 10.0 Å². The number of likely N-dealkylation sites (tertiary alicyclic amines) is 1. The Balaban J connectivity index is 1.83. The summed E-state index contributed by atoms with van der Waals surface area (Å²) in [6.45, 7) is 2.42. The molecule has 0 radical (unpaired) electrons. The molecule has 3 aromatic rings. The van der Waals surface area contributed by atoms with Gasteiger partial charge in [-0.05, 0) is 74.8 Å². The van der Waals surface area contributed by atoms with Crippen molar-refractivity contribution in [3.8, 4) is 16.9 Å². The Kier molecular flexibility index (Phi) is 6.82. The van der Waals surface area contributed by atoms with Gasteiger partial charge in [-0.2, -0.15) is 0 Å². The van der Waals surface area contributed by atoms with Crippen LogP contribution in [0.3, 0.4) is 0 Å². The summed E-state index contributed by atoms with van der Waals surface area (Å²) < 4.78 is 34.9. The molecule has 4 rings (SSSR count). The van der Waals surface area contributed by atoms with Gasteiger partial charge in [-0.15, -0.1) is 0 Å². The first kappa shape index (κ1) is 22.4. The van der Waals surface area contributed by atoms with Gasteiger partial charge in [0.2, 0.25) is 0 Å². The van der Waals surface area contributed by atoms with Gasteiger partial charge in [-0.1, -0.05) is 48.5 Å². The number of rotatable bonds is 7. The second kappa shape index (κ2) is 9.76. The van der Waals surface area contributed by atoms with Crippen LogP contribution in [0.5, 0.6) is 5.75 Å². The maximum Gasteiger partial charge on any atom is 0.264 e. The van der Waals surface area contributed by atoms with Crippen molar-refractivity contribution in [3.05, 3.63) is 78.9 Å². The normalized spacial score (nSPS) is 15.4. The molecule has 168 valence electrons. The summed E-state index contributed by atoms with van der Waals surface area (Å²) in [4.78, 5) is 2.61. The van der Waals surface area contributed by atoms with E-state index in [0.717, 1.165) is 37.1 Å². The van der Waals surface area contributed by atoms with Crippen molar-refractivity contribution >= 4 is 15.7 Å². The molecule has 0 amide bonds. The fourth-order valence-electron chi connectivity index (χ4n) is 4.23. The molecule has 1 aliphatic rings. The minimum absolute atomic E-state index is 0.301. The van der Waals surface area contributed by atoms with E-state index >= 15 is 0 Å². The van der Waals surface area contributed by atoms with Crippen molar-refractivity contribution < 1.29 is 13.2 Å². The summed E-state index contributed by atoms with van der Waals surface area (Å²) >= 11 is 0. The van der Waals surface area contributed by atoms with Crippen molar-refractivity contribution in [1.29, 1.82) is 0 Å². The summed E-state index contributed by atoms with van der Waals surface area (Å²) in [6, 6.07) is 24.2. The molecule has 1 aliphatic heterocycles. The number of nitrogens with zero attached hydrogens (tertiary/aromatic N) is 2. The average Bonchev–Trinajstić information content (AvgIpc) is 2.84. The second-order valence-electron chi connectivity index (χ2n) is 8.34. The van der Waals surface area contributed by atoms with E-state index in [-0.39, 0.29) is 0 Å². The van der Waals surface area contributed by atoms with E-state index < -0.39 is 10.0 Å². The van der Waals surface area contributed by atoms with E-state index in [9.17, 15) is 8.42 Å². The van der Waals surface area contributed by atoms with E-state index in [1.165, 1.54) is 0 Å². The van der Waals surface area contributed by atoms with Gasteiger partial charge in [0.15, 0.2) is 0 Å². The van der Waals surface area contributed by atoms with Crippen LogP contribution in [0.25, 0.3) is 11.1 Å². The lowest BCUT2D eigenvalue weighted by molar-refractivity contribution is 0.224. The molecule has 0 saturated carbocycles. The summed E-state index contributed by atoms with van der Waals surface area (Å²) in [5, 5.41) is 0. The molecule has 0 N–H and O–H groups in total. The van der Waals surface area contributed by atoms with Crippen LogP contribution in [0.2, 0.25) is 0 Å². The van der Waals surface area contributed by atoms with Gasteiger partial charge in [-0.25, -0.2) is 8.42 Å². The lowest BCUT2D eigenvalue weighted by Crippen LogP contribution is -2.40. The zero-order valence-electron chi connectivity index (χ0n) is 18.6. The van der Waals surface area contributed by atoms with Gasteiger partial charge in [0.1, 0.15) is 5.75 Å². The lowest BCUT2D eigenvalue weighted by atomic mass is 9.96. The number of ether oxygens (including phenoxy) is 1. The summed E-state index contributed by atoms with van der Waals surface area (Å²) in [6.07, 6.45) is 1.96. The summed E-state index contributed by atoms with van der Waals surface area (Å²) in [5.41, 5.74) is 2.48. The maximum atomic E-state index is 13.9. The van der Waals surface area contributed by atoms with Crippen molar-refractivity contribution in [2.24, 2.45) is 5.92 Å². The smallest absolute Gasteiger partial charge is 0.264 e. The van der Waals surface area contributed by atoms with Gasteiger partial charge < -0.3 is 9.64 Å². The van der Waals surface area contributed by atoms with Crippen molar-refractivity contribution in [3.63, 3.8) is 0 Å². The number of sulfonamides is 1. The van der Waals surface area contributed by atoms with E-state index in [2.05, 4.69) is 11.9 Å². The average molecular weight is 451 g/mol. The van der Waals surface area contributed by atoms with Gasteiger partial charge in [0.05, 0.1) is 17.7 Å². The Hall–Kier alpha value is -2.83. The molecule has 0 atom stereocenters. The first-order valence-corrected chi connectivity index (χ1v) is 12.4. The first-order chi connectivity index (χ1) is 15.5. The van der Waals surface area contributed by atoms with E-state index in [1.54, 1.807) is 35.7 Å². The van der Waals surface area contributed by atoms with E-state index in [4.69, 9.17) is 4.74 Å². The molecule has 6 heteroatoms. The first-order valence-electron chi connectivity index (χ1n) is 11.0. The predicted octanol–water partition coefficient (Wildman–Crippen LogP) is 4.90. The van der Waals surface area contributed by atoms with Crippen LogP contribution in [-0.4, -0.2) is 47.1 Å². The number of hydrogen-bond acceptors (Lipinski definition) is 4. The largest absolute Gasteiger partial charge is 0.497 e. The number of piperidine rings is 1. The highest BCUT2D eigenvalue weighted by atomic mass is 32.2. The molecule has 3 aromatic carbocycles. The summed E-state index contributed by atoms with van der Waals surface area (Å²) in [7, 11) is 0.00434. The molecule has 1 fully saturated rings. The highest BCUT2D eigenvalue weighted by Crippen LogP contribution is 2.38. The SMILES string of the molecule is COc1ccc(N(CC2CCN(C)CC2)S(=O)(=O)c2ccccc2)c(-c2ccccc2)c1. The highest BCUT2D eigenvalue weighted by Gasteiger charge is 2.30. The van der Waals surface area contributed by atoms with E-state index in [0.29, 0.717) is 28.8 Å². The Morgan fingerprint density at radius 3 is 2.19 bits per heavy atom. The summed E-state index contributed by atoms with van der Waals surface area (Å²) in [5.74, 6) is 0.999. The van der Waals surface area contributed by atoms with Crippen LogP contribution in [0, 0.1) is 5.92 Å². The van der Waals surface area contributed by atoms with Crippen LogP contribution in [0.15, 0.2) is 83.8 Å². The molecular weight excluding hydrogens is 420 g/mol. The van der Waals surface area contributed by atoms with Crippen molar-refractivity contribution in [1.82, 2.24) is 4.90 Å². The monoisotopic (exact) mass is 450 g/mol. The number of benzene rings is 3. The van der Waals surface area contributed by atoms with Crippen molar-refractivity contribution in [2.75, 3.05) is 38.1 Å². The zero-order chi connectivity index (χ0) is 22.6. The molecule has 32 heavy (non-hydrogen) atoms. The van der Waals surface area contributed by atoms with Crippen molar-refractivity contribution in [2.45, 2.75) is 17.7 Å². The Labute approximate surface area is 191 Å². The molecule has 1 saturated heterocycles. The number of methoxy groups -OCH3 is 1. The second-order valence-corrected chi connectivity index (χ2v) is 10.2. The number of anilines is 1. The Morgan fingerprint density at radius 1 is 0.938 bits per heavy atom. The van der Waals surface area contributed by atoms with Gasteiger partial charge in [0, 0.05) is 12.1 Å². The molecule has 1 heterocycles. The quantitative estimate of drug-likeness (QED) is 0.514. The highest BCUT2D eigenvalue weighted by molar-refractivity contribution is 7.92. The zero-order valence-corrected chi connectivity index (χ0v) is 19.5. The minimum Gasteiger partial charge on any atom is -0.497 e. The van der Waals surface area contributed by atoms with Crippen LogP contribution in [0.4, 0.5) is 5.69 Å². The van der Waals surface area contributed by atoms with Gasteiger partial charge >= 0.3 is 0 Å². The third-order valence-corrected chi connectivity index (χ3v) is 7.94. The Bertz CT molecular complexity index is 1130. The maximum absolute atomic E-state index is 13.9.